The molecule has 0 aliphatic carbocycles. The molecule has 2 N–H and O–H groups in total. The fourth-order valence-corrected chi connectivity index (χ4v) is 2.82. The van der Waals surface area contributed by atoms with Crippen LogP contribution in [0.4, 0.5) is 4.39 Å². The normalized spacial score (nSPS) is 12.7. The summed E-state index contributed by atoms with van der Waals surface area (Å²) in [6.45, 7) is 5.61. The molecular formula is C19H29FN6OS. The van der Waals surface area contributed by atoms with E-state index in [1.165, 1.54) is 12.1 Å². The molecule has 0 spiro atoms. The molecule has 154 valence electrons. The molecule has 0 saturated heterocycles. The summed E-state index contributed by atoms with van der Waals surface area (Å²) in [5.74, 6) is 3.62. The number of aromatic nitrogens is 3. The number of nitrogens with zero attached hydrogens (tertiary/aromatic N) is 4. The first kappa shape index (κ1) is 22.0. The lowest BCUT2D eigenvalue weighted by atomic mass is 10.3. The van der Waals surface area contributed by atoms with Gasteiger partial charge in [0.2, 0.25) is 0 Å². The Kier molecular flexibility index (Phi) is 9.06. The number of hydrogen-bond donors (Lipinski definition) is 2. The molecule has 0 radical (unpaired) electrons. The zero-order chi connectivity index (χ0) is 20.4. The van der Waals surface area contributed by atoms with Gasteiger partial charge in [-0.2, -0.15) is 11.8 Å². The Hall–Kier alpha value is -2.29. The quantitative estimate of drug-likeness (QED) is 0.357. The number of ether oxygens (including phenoxy) is 1. The molecule has 1 heterocycles. The monoisotopic (exact) mass is 408 g/mol. The Balaban J connectivity index is 1.92. The van der Waals surface area contributed by atoms with Gasteiger partial charge in [0.25, 0.3) is 0 Å². The Morgan fingerprint density at radius 1 is 1.36 bits per heavy atom. The molecule has 28 heavy (non-hydrogen) atoms. The number of nitrogens with one attached hydrogen (secondary N) is 2. The highest BCUT2D eigenvalue weighted by Gasteiger charge is 2.08. The third-order valence-corrected chi connectivity index (χ3v) is 4.77. The molecule has 0 amide bonds. The highest BCUT2D eigenvalue weighted by atomic mass is 32.2. The van der Waals surface area contributed by atoms with Gasteiger partial charge in [-0.3, -0.25) is 0 Å². The van der Waals surface area contributed by atoms with Gasteiger partial charge in [-0.15, -0.1) is 10.2 Å². The van der Waals surface area contributed by atoms with E-state index in [9.17, 15) is 4.39 Å². The number of thioether (sulfide) groups is 1. The van der Waals surface area contributed by atoms with Crippen LogP contribution in [-0.4, -0.2) is 51.9 Å². The molecule has 2 rings (SSSR count). The third kappa shape index (κ3) is 7.38. The third-order valence-electron chi connectivity index (χ3n) is 4.07. The standard InChI is InChI=1S/C19H29FN6OS/c1-14(27-17-8-5-7-16(20)11-17)12-22-19(21-9-6-10-28-4)23-13-18-25-24-15(2)26(18)3/h5,7-8,11,14H,6,9-10,12-13H2,1-4H3,(H2,21,22,23). The maximum absolute atomic E-state index is 13.3. The Morgan fingerprint density at radius 3 is 2.86 bits per heavy atom. The van der Waals surface area contributed by atoms with Crippen LogP contribution in [0, 0.1) is 12.7 Å². The summed E-state index contributed by atoms with van der Waals surface area (Å²) in [4.78, 5) is 4.61. The minimum Gasteiger partial charge on any atom is -0.489 e. The maximum atomic E-state index is 13.3. The summed E-state index contributed by atoms with van der Waals surface area (Å²) in [5, 5.41) is 14.8. The van der Waals surface area contributed by atoms with E-state index in [-0.39, 0.29) is 11.9 Å². The predicted octanol–water partition coefficient (Wildman–Crippen LogP) is 2.52. The van der Waals surface area contributed by atoms with E-state index in [4.69, 9.17) is 4.74 Å². The summed E-state index contributed by atoms with van der Waals surface area (Å²) >= 11 is 1.82. The Morgan fingerprint density at radius 2 is 2.18 bits per heavy atom. The topological polar surface area (TPSA) is 76.4 Å². The fraction of sp³-hybridized carbons (Fsp3) is 0.526. The fourth-order valence-electron chi connectivity index (χ4n) is 2.39. The van der Waals surface area contributed by atoms with E-state index >= 15 is 0 Å². The lowest BCUT2D eigenvalue weighted by Gasteiger charge is -2.18. The van der Waals surface area contributed by atoms with Gasteiger partial charge in [0, 0.05) is 19.7 Å². The second-order valence-electron chi connectivity index (χ2n) is 6.43. The van der Waals surface area contributed by atoms with E-state index in [1.54, 1.807) is 12.1 Å². The van der Waals surface area contributed by atoms with Crippen LogP contribution in [0.1, 0.15) is 25.0 Å². The van der Waals surface area contributed by atoms with Crippen LogP contribution in [0.3, 0.4) is 0 Å². The van der Waals surface area contributed by atoms with Crippen LogP contribution in [0.2, 0.25) is 0 Å². The van der Waals surface area contributed by atoms with Crippen molar-refractivity contribution >= 4 is 17.7 Å². The zero-order valence-electron chi connectivity index (χ0n) is 16.9. The minimum absolute atomic E-state index is 0.155. The molecule has 9 heteroatoms. The van der Waals surface area contributed by atoms with Gasteiger partial charge in [0.1, 0.15) is 30.0 Å². The van der Waals surface area contributed by atoms with Crippen LogP contribution in [0.25, 0.3) is 0 Å². The van der Waals surface area contributed by atoms with Crippen LogP contribution < -0.4 is 15.4 Å². The van der Waals surface area contributed by atoms with Crippen molar-refractivity contribution in [2.24, 2.45) is 12.0 Å². The van der Waals surface area contributed by atoms with Crippen molar-refractivity contribution < 1.29 is 9.13 Å². The molecule has 0 aliphatic rings. The molecule has 7 nitrogen and oxygen atoms in total. The summed E-state index contributed by atoms with van der Waals surface area (Å²) in [7, 11) is 1.92. The lowest BCUT2D eigenvalue weighted by Crippen LogP contribution is -2.42. The number of guanidine groups is 1. The number of rotatable bonds is 10. The molecule has 0 aliphatic heterocycles. The molecule has 1 unspecified atom stereocenters. The molecule has 1 aromatic carbocycles. The maximum Gasteiger partial charge on any atom is 0.191 e. The second-order valence-corrected chi connectivity index (χ2v) is 7.41. The number of aliphatic imine (C=N–C) groups is 1. The summed E-state index contributed by atoms with van der Waals surface area (Å²) in [6, 6.07) is 6.15. The van der Waals surface area contributed by atoms with Gasteiger partial charge in [-0.05, 0) is 44.4 Å². The highest BCUT2D eigenvalue weighted by Crippen LogP contribution is 2.13. The van der Waals surface area contributed by atoms with Crippen molar-refractivity contribution in [2.45, 2.75) is 32.9 Å². The summed E-state index contributed by atoms with van der Waals surface area (Å²) < 4.78 is 21.0. The Labute approximate surface area is 170 Å². The molecule has 1 atom stereocenters. The van der Waals surface area contributed by atoms with E-state index in [1.807, 2.05) is 37.2 Å². The van der Waals surface area contributed by atoms with Crippen molar-refractivity contribution in [2.75, 3.05) is 25.1 Å². The van der Waals surface area contributed by atoms with Crippen molar-refractivity contribution in [1.82, 2.24) is 25.4 Å². The highest BCUT2D eigenvalue weighted by molar-refractivity contribution is 7.98. The van der Waals surface area contributed by atoms with Gasteiger partial charge >= 0.3 is 0 Å². The average molecular weight is 409 g/mol. The first-order valence-electron chi connectivity index (χ1n) is 9.27. The molecule has 2 aromatic rings. The molecule has 1 aromatic heterocycles. The number of benzene rings is 1. The lowest BCUT2D eigenvalue weighted by molar-refractivity contribution is 0.223. The van der Waals surface area contributed by atoms with E-state index in [0.717, 1.165) is 30.4 Å². The van der Waals surface area contributed by atoms with Gasteiger partial charge in [0.15, 0.2) is 11.8 Å². The molecule has 0 fully saturated rings. The van der Waals surface area contributed by atoms with Crippen LogP contribution >= 0.6 is 11.8 Å². The first-order chi connectivity index (χ1) is 13.5. The van der Waals surface area contributed by atoms with Gasteiger partial charge in [-0.25, -0.2) is 9.38 Å². The van der Waals surface area contributed by atoms with Crippen LogP contribution in [-0.2, 0) is 13.6 Å². The van der Waals surface area contributed by atoms with Crippen LogP contribution in [0.5, 0.6) is 5.75 Å². The van der Waals surface area contributed by atoms with Gasteiger partial charge in [-0.1, -0.05) is 6.07 Å². The van der Waals surface area contributed by atoms with Gasteiger partial charge < -0.3 is 19.9 Å². The Bertz CT molecular complexity index is 767. The number of hydrogen-bond acceptors (Lipinski definition) is 5. The predicted molar refractivity (Wildman–Crippen MR) is 112 cm³/mol. The molecular weight excluding hydrogens is 379 g/mol. The van der Waals surface area contributed by atoms with Crippen molar-refractivity contribution in [1.29, 1.82) is 0 Å². The van der Waals surface area contributed by atoms with Crippen molar-refractivity contribution in [3.8, 4) is 5.75 Å². The van der Waals surface area contributed by atoms with E-state index in [2.05, 4.69) is 32.1 Å². The van der Waals surface area contributed by atoms with E-state index < -0.39 is 0 Å². The SMILES string of the molecule is CSCCCNC(=NCc1nnc(C)n1C)NCC(C)Oc1cccc(F)c1. The number of aryl methyl sites for hydroxylation is 1. The first-order valence-corrected chi connectivity index (χ1v) is 10.7. The largest absolute Gasteiger partial charge is 0.489 e. The zero-order valence-corrected chi connectivity index (χ0v) is 17.7. The second kappa shape index (κ2) is 11.5. The molecule has 0 bridgehead atoms. The average Bonchev–Trinajstić information content (AvgIpc) is 2.98. The summed E-state index contributed by atoms with van der Waals surface area (Å²) in [6.07, 6.45) is 2.98. The molecule has 0 saturated carbocycles. The smallest absolute Gasteiger partial charge is 0.191 e. The van der Waals surface area contributed by atoms with Crippen LogP contribution in [0.15, 0.2) is 29.3 Å². The van der Waals surface area contributed by atoms with Gasteiger partial charge in [0.05, 0.1) is 6.54 Å². The van der Waals surface area contributed by atoms with Crippen molar-refractivity contribution in [3.05, 3.63) is 41.7 Å². The minimum atomic E-state index is -0.311. The summed E-state index contributed by atoms with van der Waals surface area (Å²) in [5.41, 5.74) is 0. The van der Waals surface area contributed by atoms with Crippen molar-refractivity contribution in [3.63, 3.8) is 0 Å². The number of halogens is 1. The van der Waals surface area contributed by atoms with E-state index in [0.29, 0.717) is 24.8 Å².